The van der Waals surface area contributed by atoms with Crippen LogP contribution in [0, 0.1) is 13.8 Å². The Hall–Kier alpha value is -3.26. The molecule has 2 atom stereocenters. The molecule has 1 saturated heterocycles. The van der Waals surface area contributed by atoms with Crippen LogP contribution in [0.5, 0.6) is 11.8 Å². The first-order valence-electron chi connectivity index (χ1n) is 9.21. The molecule has 28 heavy (non-hydrogen) atoms. The summed E-state index contributed by atoms with van der Waals surface area (Å²) in [5.74, 6) is 0.330. The molecule has 8 nitrogen and oxygen atoms in total. The van der Waals surface area contributed by atoms with Crippen LogP contribution in [-0.2, 0) is 4.79 Å². The Kier molecular flexibility index (Phi) is 4.79. The minimum absolute atomic E-state index is 0.117. The van der Waals surface area contributed by atoms with Crippen LogP contribution in [0.1, 0.15) is 35.6 Å². The Morgan fingerprint density at radius 1 is 1.14 bits per heavy atom. The van der Waals surface area contributed by atoms with Gasteiger partial charge in [-0.15, -0.1) is 0 Å². The van der Waals surface area contributed by atoms with Gasteiger partial charge in [0.2, 0.25) is 5.91 Å². The maximum atomic E-state index is 11.3. The minimum Gasteiger partial charge on any atom is -0.423 e. The topological polar surface area (TPSA) is 108 Å². The van der Waals surface area contributed by atoms with Gasteiger partial charge >= 0.3 is 6.01 Å². The number of carbonyl (C=O) groups is 1. The summed E-state index contributed by atoms with van der Waals surface area (Å²) in [5.41, 5.74) is 9.49. The number of hydrogen-bond donors (Lipinski definition) is 2. The van der Waals surface area contributed by atoms with Crippen LogP contribution < -0.4 is 15.8 Å². The number of carbonyl (C=O) groups excluding carboxylic acids is 1. The molecule has 3 N–H and O–H groups in total. The van der Waals surface area contributed by atoms with Crippen LogP contribution >= 0.6 is 0 Å². The van der Waals surface area contributed by atoms with E-state index in [1.54, 1.807) is 4.68 Å². The minimum atomic E-state index is -0.305. The fourth-order valence-corrected chi connectivity index (χ4v) is 3.63. The number of hydrogen-bond acceptors (Lipinski definition) is 6. The van der Waals surface area contributed by atoms with Crippen molar-refractivity contribution in [1.82, 2.24) is 25.5 Å². The third kappa shape index (κ3) is 3.46. The molecule has 4 rings (SSSR count). The van der Waals surface area contributed by atoms with Crippen LogP contribution in [0.2, 0.25) is 0 Å². The van der Waals surface area contributed by atoms with Crippen LogP contribution in [0.3, 0.4) is 0 Å². The molecule has 2 heterocycles. The smallest absolute Gasteiger partial charge is 0.345 e. The standard InChI is InChI=1S/C20H22N6O2/c1-12-4-3-5-13(2)18(12)26-20(23-24-25-26)28-15-8-6-14(7-9-15)16-10-11-17(22-16)19(21)27/h3-9,16-17,22H,10-11H2,1-2H3,(H2,21,27)/t16-,17+/m1/s1. The van der Waals surface area contributed by atoms with Crippen molar-refractivity contribution in [3.8, 4) is 17.4 Å². The van der Waals surface area contributed by atoms with Crippen LogP contribution in [0.4, 0.5) is 0 Å². The molecular weight excluding hydrogens is 356 g/mol. The molecule has 0 radical (unpaired) electrons. The second kappa shape index (κ2) is 7.40. The average molecular weight is 378 g/mol. The normalized spacial score (nSPS) is 18.9. The Bertz CT molecular complexity index is 978. The quantitative estimate of drug-likeness (QED) is 0.706. The molecule has 0 unspecified atom stereocenters. The molecule has 0 spiro atoms. The predicted octanol–water partition coefficient (Wildman–Crippen LogP) is 2.35. The number of para-hydroxylation sites is 1. The van der Waals surface area contributed by atoms with Crippen molar-refractivity contribution < 1.29 is 9.53 Å². The first kappa shape index (κ1) is 18.1. The van der Waals surface area contributed by atoms with Gasteiger partial charge in [-0.2, -0.15) is 4.68 Å². The molecule has 1 aromatic heterocycles. The summed E-state index contributed by atoms with van der Waals surface area (Å²) < 4.78 is 7.53. The van der Waals surface area contributed by atoms with E-state index in [0.29, 0.717) is 11.8 Å². The number of benzene rings is 2. The van der Waals surface area contributed by atoms with Gasteiger partial charge in [0, 0.05) is 6.04 Å². The van der Waals surface area contributed by atoms with Gasteiger partial charge in [-0.25, -0.2) is 0 Å². The zero-order chi connectivity index (χ0) is 19.7. The third-order valence-electron chi connectivity index (χ3n) is 5.07. The van der Waals surface area contributed by atoms with Gasteiger partial charge in [0.05, 0.1) is 11.7 Å². The molecule has 0 saturated carbocycles. The zero-order valence-electron chi connectivity index (χ0n) is 15.8. The summed E-state index contributed by atoms with van der Waals surface area (Å²) in [4.78, 5) is 11.3. The molecule has 3 aromatic rings. The molecule has 0 bridgehead atoms. The van der Waals surface area contributed by atoms with Crippen LogP contribution in [0.15, 0.2) is 42.5 Å². The van der Waals surface area contributed by atoms with Crippen molar-refractivity contribution in [2.75, 3.05) is 0 Å². The number of nitrogens with one attached hydrogen (secondary N) is 1. The average Bonchev–Trinajstić information content (AvgIpc) is 3.33. The number of aromatic nitrogens is 4. The lowest BCUT2D eigenvalue weighted by Crippen LogP contribution is -2.37. The lowest BCUT2D eigenvalue weighted by molar-refractivity contribution is -0.119. The number of ether oxygens (including phenoxy) is 1. The molecule has 1 fully saturated rings. The maximum absolute atomic E-state index is 11.3. The van der Waals surface area contributed by atoms with Gasteiger partial charge in [-0.3, -0.25) is 10.1 Å². The molecule has 0 aliphatic carbocycles. The second-order valence-electron chi connectivity index (χ2n) is 7.04. The number of tetrazole rings is 1. The highest BCUT2D eigenvalue weighted by atomic mass is 16.5. The third-order valence-corrected chi connectivity index (χ3v) is 5.07. The van der Waals surface area contributed by atoms with Crippen molar-refractivity contribution in [3.05, 3.63) is 59.2 Å². The molecule has 1 amide bonds. The summed E-state index contributed by atoms with van der Waals surface area (Å²) >= 11 is 0. The van der Waals surface area contributed by atoms with Crippen LogP contribution in [-0.4, -0.2) is 32.2 Å². The lowest BCUT2D eigenvalue weighted by Gasteiger charge is -2.14. The van der Waals surface area contributed by atoms with E-state index in [4.69, 9.17) is 10.5 Å². The van der Waals surface area contributed by atoms with E-state index >= 15 is 0 Å². The number of aryl methyl sites for hydroxylation is 2. The van der Waals surface area contributed by atoms with E-state index in [0.717, 1.165) is 35.2 Å². The lowest BCUT2D eigenvalue weighted by atomic mass is 10.1. The number of amides is 1. The van der Waals surface area contributed by atoms with Crippen molar-refractivity contribution >= 4 is 5.91 Å². The van der Waals surface area contributed by atoms with E-state index in [1.807, 2.05) is 56.3 Å². The SMILES string of the molecule is Cc1cccc(C)c1-n1nnnc1Oc1ccc([C@H]2CC[C@@H](C(N)=O)N2)cc1. The van der Waals surface area contributed by atoms with E-state index in [9.17, 15) is 4.79 Å². The highest BCUT2D eigenvalue weighted by Crippen LogP contribution is 2.29. The van der Waals surface area contributed by atoms with Gasteiger partial charge in [-0.05, 0) is 65.9 Å². The molecule has 1 aliphatic heterocycles. The highest BCUT2D eigenvalue weighted by Gasteiger charge is 2.28. The second-order valence-corrected chi connectivity index (χ2v) is 7.04. The molecule has 1 aliphatic rings. The monoisotopic (exact) mass is 378 g/mol. The van der Waals surface area contributed by atoms with E-state index < -0.39 is 0 Å². The molecule has 8 heteroatoms. The van der Waals surface area contributed by atoms with Gasteiger partial charge in [-0.1, -0.05) is 35.4 Å². The Morgan fingerprint density at radius 3 is 2.50 bits per heavy atom. The van der Waals surface area contributed by atoms with E-state index in [-0.39, 0.29) is 18.0 Å². The number of nitrogens with two attached hydrogens (primary N) is 1. The summed E-state index contributed by atoms with van der Waals surface area (Å²) in [6.07, 6.45) is 1.63. The van der Waals surface area contributed by atoms with E-state index in [2.05, 4.69) is 20.8 Å². The number of rotatable bonds is 5. The van der Waals surface area contributed by atoms with Crippen molar-refractivity contribution in [2.45, 2.75) is 38.8 Å². The zero-order valence-corrected chi connectivity index (χ0v) is 15.8. The number of primary amides is 1. The van der Waals surface area contributed by atoms with Crippen molar-refractivity contribution in [3.63, 3.8) is 0 Å². The number of nitrogens with zero attached hydrogens (tertiary/aromatic N) is 4. The Labute approximate surface area is 162 Å². The summed E-state index contributed by atoms with van der Waals surface area (Å²) in [5, 5.41) is 15.1. The first-order valence-corrected chi connectivity index (χ1v) is 9.21. The summed E-state index contributed by atoms with van der Waals surface area (Å²) in [6.45, 7) is 4.02. The molecular formula is C20H22N6O2. The largest absolute Gasteiger partial charge is 0.423 e. The van der Waals surface area contributed by atoms with Gasteiger partial charge in [0.1, 0.15) is 5.75 Å². The van der Waals surface area contributed by atoms with Gasteiger partial charge in [0.25, 0.3) is 0 Å². The Morgan fingerprint density at radius 2 is 1.86 bits per heavy atom. The Balaban J connectivity index is 1.52. The summed E-state index contributed by atoms with van der Waals surface area (Å²) in [6, 6.07) is 13.9. The molecule has 2 aromatic carbocycles. The van der Waals surface area contributed by atoms with Crippen LogP contribution in [0.25, 0.3) is 5.69 Å². The highest BCUT2D eigenvalue weighted by molar-refractivity contribution is 5.80. The molecule has 144 valence electrons. The van der Waals surface area contributed by atoms with Crippen molar-refractivity contribution in [1.29, 1.82) is 0 Å². The van der Waals surface area contributed by atoms with Gasteiger partial charge < -0.3 is 10.5 Å². The first-order chi connectivity index (χ1) is 13.5. The van der Waals surface area contributed by atoms with Crippen molar-refractivity contribution in [2.24, 2.45) is 5.73 Å². The van der Waals surface area contributed by atoms with Gasteiger partial charge in [0.15, 0.2) is 0 Å². The van der Waals surface area contributed by atoms with E-state index in [1.165, 1.54) is 0 Å². The maximum Gasteiger partial charge on any atom is 0.345 e. The summed E-state index contributed by atoms with van der Waals surface area (Å²) in [7, 11) is 0. The fourth-order valence-electron chi connectivity index (χ4n) is 3.63. The fraction of sp³-hybridized carbons (Fsp3) is 0.300. The predicted molar refractivity (Wildman–Crippen MR) is 103 cm³/mol.